The Bertz CT molecular complexity index is 554. The van der Waals surface area contributed by atoms with Crippen molar-refractivity contribution in [1.29, 1.82) is 0 Å². The van der Waals surface area contributed by atoms with E-state index in [0.29, 0.717) is 23.8 Å². The fourth-order valence-electron chi connectivity index (χ4n) is 4.53. The molecular formula is C19H28ClFN2O. The van der Waals surface area contributed by atoms with Crippen LogP contribution in [0.5, 0.6) is 0 Å². The third-order valence-electron chi connectivity index (χ3n) is 5.63. The van der Waals surface area contributed by atoms with Crippen molar-refractivity contribution in [1.82, 2.24) is 5.32 Å². The van der Waals surface area contributed by atoms with Gasteiger partial charge in [-0.25, -0.2) is 4.39 Å². The van der Waals surface area contributed by atoms with E-state index in [0.717, 1.165) is 25.7 Å². The molecule has 2 aliphatic rings. The van der Waals surface area contributed by atoms with Crippen LogP contribution in [0.25, 0.3) is 0 Å². The topological polar surface area (TPSA) is 55.1 Å². The maximum Gasteiger partial charge on any atom is 0.220 e. The predicted octanol–water partition coefficient (Wildman–Crippen LogP) is 3.76. The molecule has 0 spiro atoms. The van der Waals surface area contributed by atoms with Crippen molar-refractivity contribution >= 4 is 18.3 Å². The molecule has 5 heteroatoms. The van der Waals surface area contributed by atoms with E-state index in [9.17, 15) is 9.18 Å². The van der Waals surface area contributed by atoms with Crippen LogP contribution in [0.1, 0.15) is 56.9 Å². The van der Waals surface area contributed by atoms with Gasteiger partial charge in [0.2, 0.25) is 5.91 Å². The van der Waals surface area contributed by atoms with E-state index in [1.807, 2.05) is 13.0 Å². The monoisotopic (exact) mass is 354 g/mol. The highest BCUT2D eigenvalue weighted by atomic mass is 35.5. The molecule has 0 heterocycles. The van der Waals surface area contributed by atoms with Crippen molar-refractivity contribution in [3.05, 3.63) is 35.6 Å². The zero-order valence-electron chi connectivity index (χ0n) is 14.2. The Kier molecular flexibility index (Phi) is 6.64. The number of carbonyl (C=O) groups is 1. The molecule has 0 saturated heterocycles. The molecule has 0 radical (unpaired) electrons. The van der Waals surface area contributed by atoms with Crippen LogP contribution in [0.3, 0.4) is 0 Å². The Morgan fingerprint density at radius 1 is 1.29 bits per heavy atom. The zero-order valence-corrected chi connectivity index (χ0v) is 15.0. The van der Waals surface area contributed by atoms with E-state index in [1.165, 1.54) is 12.5 Å². The van der Waals surface area contributed by atoms with Crippen LogP contribution < -0.4 is 11.1 Å². The number of fused-ring (bicyclic) bond motifs is 2. The molecule has 3 nitrogen and oxygen atoms in total. The summed E-state index contributed by atoms with van der Waals surface area (Å²) in [6, 6.07) is 7.27. The van der Waals surface area contributed by atoms with Crippen LogP contribution in [0.4, 0.5) is 4.39 Å². The average molecular weight is 355 g/mol. The summed E-state index contributed by atoms with van der Waals surface area (Å²) >= 11 is 0. The molecule has 1 amide bonds. The Balaban J connectivity index is 0.00000208. The first-order valence-electron chi connectivity index (χ1n) is 8.84. The Hall–Kier alpha value is -1.13. The van der Waals surface area contributed by atoms with Gasteiger partial charge >= 0.3 is 0 Å². The number of nitrogens with one attached hydrogen (secondary N) is 1. The van der Waals surface area contributed by atoms with E-state index in [1.54, 1.807) is 12.1 Å². The first-order valence-corrected chi connectivity index (χ1v) is 8.84. The van der Waals surface area contributed by atoms with E-state index in [-0.39, 0.29) is 42.1 Å². The molecule has 0 aliphatic heterocycles. The van der Waals surface area contributed by atoms with Gasteiger partial charge in [0.05, 0.1) is 0 Å². The molecule has 1 aromatic rings. The lowest BCUT2D eigenvalue weighted by atomic mass is 9.67. The fourth-order valence-corrected chi connectivity index (χ4v) is 4.53. The van der Waals surface area contributed by atoms with Crippen LogP contribution in [-0.4, -0.2) is 18.0 Å². The van der Waals surface area contributed by atoms with Crippen molar-refractivity contribution < 1.29 is 9.18 Å². The normalized spacial score (nSPS) is 30.1. The molecule has 3 unspecified atom stereocenters. The van der Waals surface area contributed by atoms with Crippen LogP contribution >= 0.6 is 12.4 Å². The summed E-state index contributed by atoms with van der Waals surface area (Å²) in [6.45, 7) is 1.91. The fraction of sp³-hybridized carbons (Fsp3) is 0.632. The van der Waals surface area contributed by atoms with Crippen LogP contribution in [0.15, 0.2) is 24.3 Å². The second-order valence-electron chi connectivity index (χ2n) is 7.40. The second kappa shape index (κ2) is 8.30. The number of amides is 1. The van der Waals surface area contributed by atoms with Gasteiger partial charge in [0.1, 0.15) is 5.82 Å². The largest absolute Gasteiger partial charge is 0.353 e. The average Bonchev–Trinajstić information content (AvgIpc) is 2.48. The van der Waals surface area contributed by atoms with Gasteiger partial charge in [-0.15, -0.1) is 12.4 Å². The smallest absolute Gasteiger partial charge is 0.220 e. The molecule has 2 saturated carbocycles. The van der Waals surface area contributed by atoms with Crippen LogP contribution in [0.2, 0.25) is 0 Å². The lowest BCUT2D eigenvalue weighted by Crippen LogP contribution is -2.53. The number of rotatable bonds is 4. The number of halogens is 2. The number of hydrogen-bond donors (Lipinski definition) is 2. The molecule has 2 aliphatic carbocycles. The summed E-state index contributed by atoms with van der Waals surface area (Å²) in [5.41, 5.74) is 6.76. The first kappa shape index (κ1) is 19.2. The lowest BCUT2D eigenvalue weighted by molar-refractivity contribution is -0.123. The number of nitrogens with two attached hydrogens (primary N) is 1. The summed E-state index contributed by atoms with van der Waals surface area (Å²) in [5, 5.41) is 3.24. The SMILES string of the molecule is CC(CC(=O)NC1C2CCCC1CC(N)C2)c1ccccc1F.Cl. The van der Waals surface area contributed by atoms with Gasteiger partial charge in [-0.1, -0.05) is 31.5 Å². The van der Waals surface area contributed by atoms with Gasteiger partial charge in [-0.3, -0.25) is 4.79 Å². The van der Waals surface area contributed by atoms with Gasteiger partial charge in [0, 0.05) is 18.5 Å². The van der Waals surface area contributed by atoms with Crippen molar-refractivity contribution in [2.75, 3.05) is 0 Å². The highest BCUT2D eigenvalue weighted by Crippen LogP contribution is 2.39. The maximum absolute atomic E-state index is 13.8. The maximum atomic E-state index is 13.8. The minimum absolute atomic E-state index is 0. The van der Waals surface area contributed by atoms with Gasteiger partial charge < -0.3 is 11.1 Å². The van der Waals surface area contributed by atoms with Gasteiger partial charge in [0.25, 0.3) is 0 Å². The standard InChI is InChI=1S/C19H27FN2O.ClH/c1-12(16-7-2-3-8-17(16)20)9-18(23)22-19-13-5-4-6-14(19)11-15(21)10-13;/h2-3,7-8,12-15,19H,4-6,9-11,21H2,1H3,(H,22,23);1H. The summed E-state index contributed by atoms with van der Waals surface area (Å²) in [7, 11) is 0. The first-order chi connectivity index (χ1) is 11.0. The molecule has 3 rings (SSSR count). The van der Waals surface area contributed by atoms with Gasteiger partial charge in [-0.2, -0.15) is 0 Å². The third kappa shape index (κ3) is 4.28. The highest BCUT2D eigenvalue weighted by Gasteiger charge is 2.39. The van der Waals surface area contributed by atoms with Crippen LogP contribution in [0, 0.1) is 17.7 Å². The molecule has 3 atom stereocenters. The number of benzene rings is 1. The van der Waals surface area contributed by atoms with Crippen molar-refractivity contribution in [2.45, 2.75) is 63.5 Å². The van der Waals surface area contributed by atoms with E-state index in [2.05, 4.69) is 5.32 Å². The van der Waals surface area contributed by atoms with Crippen molar-refractivity contribution in [3.63, 3.8) is 0 Å². The molecular weight excluding hydrogens is 327 g/mol. The minimum atomic E-state index is -0.228. The molecule has 2 fully saturated rings. The van der Waals surface area contributed by atoms with Crippen molar-refractivity contribution in [2.24, 2.45) is 17.6 Å². The third-order valence-corrected chi connectivity index (χ3v) is 5.63. The Morgan fingerprint density at radius 2 is 1.92 bits per heavy atom. The summed E-state index contributed by atoms with van der Waals surface area (Å²) in [6.07, 6.45) is 5.95. The Labute approximate surface area is 150 Å². The lowest BCUT2D eigenvalue weighted by Gasteiger charge is -2.45. The number of carbonyl (C=O) groups excluding carboxylic acids is 1. The van der Waals surface area contributed by atoms with Crippen molar-refractivity contribution in [3.8, 4) is 0 Å². The molecule has 0 aromatic heterocycles. The van der Waals surface area contributed by atoms with Gasteiger partial charge in [0.15, 0.2) is 0 Å². The minimum Gasteiger partial charge on any atom is -0.353 e. The molecule has 2 bridgehead atoms. The van der Waals surface area contributed by atoms with E-state index in [4.69, 9.17) is 5.73 Å². The van der Waals surface area contributed by atoms with Gasteiger partial charge in [-0.05, 0) is 55.1 Å². The zero-order chi connectivity index (χ0) is 16.4. The number of hydrogen-bond acceptors (Lipinski definition) is 2. The molecule has 24 heavy (non-hydrogen) atoms. The second-order valence-corrected chi connectivity index (χ2v) is 7.40. The highest BCUT2D eigenvalue weighted by molar-refractivity contribution is 5.85. The quantitative estimate of drug-likeness (QED) is 0.864. The Morgan fingerprint density at radius 3 is 2.54 bits per heavy atom. The van der Waals surface area contributed by atoms with E-state index >= 15 is 0 Å². The summed E-state index contributed by atoms with van der Waals surface area (Å²) < 4.78 is 13.8. The molecule has 134 valence electrons. The summed E-state index contributed by atoms with van der Waals surface area (Å²) in [4.78, 5) is 12.5. The molecule has 3 N–H and O–H groups in total. The predicted molar refractivity (Wildman–Crippen MR) is 96.7 cm³/mol. The summed E-state index contributed by atoms with van der Waals surface area (Å²) in [5.74, 6) is 0.740. The molecule has 1 aromatic carbocycles. The van der Waals surface area contributed by atoms with E-state index < -0.39 is 0 Å². The van der Waals surface area contributed by atoms with Crippen LogP contribution in [-0.2, 0) is 4.79 Å².